The third-order valence-corrected chi connectivity index (χ3v) is 5.09. The number of benzene rings is 1. The summed E-state index contributed by atoms with van der Waals surface area (Å²) in [6.07, 6.45) is 3.57. The summed E-state index contributed by atoms with van der Waals surface area (Å²) < 4.78 is 0. The van der Waals surface area contributed by atoms with Gasteiger partial charge in [-0.15, -0.1) is 0 Å². The van der Waals surface area contributed by atoms with Gasteiger partial charge in [0.1, 0.15) is 0 Å². The number of aromatic amines is 1. The van der Waals surface area contributed by atoms with E-state index in [9.17, 15) is 4.79 Å². The average Bonchev–Trinajstić information content (AvgIpc) is 3.11. The predicted octanol–water partition coefficient (Wildman–Crippen LogP) is 2.64. The number of amides is 1. The first-order valence-electron chi connectivity index (χ1n) is 8.81. The highest BCUT2D eigenvalue weighted by Crippen LogP contribution is 2.39. The van der Waals surface area contributed by atoms with Crippen molar-refractivity contribution in [2.45, 2.75) is 37.6 Å². The minimum absolute atomic E-state index is 0.0834. The molecular weight excluding hydrogens is 300 g/mol. The Morgan fingerprint density at radius 2 is 2.08 bits per heavy atom. The number of rotatable bonds is 5. The molecule has 1 aromatic carbocycles. The third-order valence-electron chi connectivity index (χ3n) is 5.09. The zero-order valence-corrected chi connectivity index (χ0v) is 14.1. The van der Waals surface area contributed by atoms with Crippen molar-refractivity contribution in [3.63, 3.8) is 0 Å². The van der Waals surface area contributed by atoms with Crippen LogP contribution in [0.15, 0.2) is 30.3 Å². The Morgan fingerprint density at radius 3 is 2.83 bits per heavy atom. The molecule has 1 aromatic heterocycles. The molecule has 2 aromatic rings. The first-order chi connectivity index (χ1) is 11.7. The lowest BCUT2D eigenvalue weighted by Crippen LogP contribution is -2.28. The van der Waals surface area contributed by atoms with E-state index in [1.807, 2.05) is 25.2 Å². The second-order valence-electron chi connectivity index (χ2n) is 7.03. The van der Waals surface area contributed by atoms with Crippen LogP contribution in [-0.4, -0.2) is 41.1 Å². The molecule has 2 N–H and O–H groups in total. The maximum absolute atomic E-state index is 13.0. The second kappa shape index (κ2) is 6.40. The van der Waals surface area contributed by atoms with E-state index < -0.39 is 0 Å². The average molecular weight is 324 g/mol. The molecule has 0 spiro atoms. The maximum Gasteiger partial charge on any atom is 0.254 e. The van der Waals surface area contributed by atoms with Crippen LogP contribution in [0.1, 0.15) is 58.4 Å². The van der Waals surface area contributed by atoms with Gasteiger partial charge in [-0.2, -0.15) is 5.10 Å². The Hall–Kier alpha value is -2.14. The van der Waals surface area contributed by atoms with Crippen LogP contribution < -0.4 is 5.32 Å². The van der Waals surface area contributed by atoms with E-state index >= 15 is 0 Å². The molecule has 1 aliphatic heterocycles. The maximum atomic E-state index is 13.0. The molecule has 1 aliphatic carbocycles. The first-order valence-corrected chi connectivity index (χ1v) is 8.81. The molecule has 4 rings (SSSR count). The molecule has 1 atom stereocenters. The third kappa shape index (κ3) is 3.08. The lowest BCUT2D eigenvalue weighted by Gasteiger charge is -2.20. The lowest BCUT2D eigenvalue weighted by molar-refractivity contribution is 0.0782. The molecule has 2 heterocycles. The molecule has 24 heavy (non-hydrogen) atoms. The molecule has 2 aliphatic rings. The zero-order chi connectivity index (χ0) is 16.5. The van der Waals surface area contributed by atoms with E-state index in [2.05, 4.69) is 27.6 Å². The number of carbonyl (C=O) groups is 1. The van der Waals surface area contributed by atoms with Gasteiger partial charge in [0, 0.05) is 25.1 Å². The normalized spacial score (nSPS) is 20.3. The molecule has 126 valence electrons. The van der Waals surface area contributed by atoms with Crippen molar-refractivity contribution in [1.29, 1.82) is 0 Å². The summed E-state index contributed by atoms with van der Waals surface area (Å²) in [6.45, 7) is 2.55. The SMILES string of the molecule is CN(Cc1cc(C2CC2)n[nH]1)C(=O)c1ccccc1[C@H]1CCNC1. The van der Waals surface area contributed by atoms with Gasteiger partial charge in [-0.25, -0.2) is 0 Å². The molecule has 1 saturated heterocycles. The molecule has 5 nitrogen and oxygen atoms in total. The molecule has 2 fully saturated rings. The first kappa shape index (κ1) is 15.4. The van der Waals surface area contributed by atoms with Gasteiger partial charge in [0.05, 0.1) is 17.9 Å². The molecule has 0 unspecified atom stereocenters. The van der Waals surface area contributed by atoms with Gasteiger partial charge in [-0.1, -0.05) is 18.2 Å². The summed E-state index contributed by atoms with van der Waals surface area (Å²) >= 11 is 0. The van der Waals surface area contributed by atoms with Crippen LogP contribution in [-0.2, 0) is 6.54 Å². The van der Waals surface area contributed by atoms with Crippen molar-refractivity contribution in [3.8, 4) is 0 Å². The van der Waals surface area contributed by atoms with E-state index in [1.165, 1.54) is 18.4 Å². The summed E-state index contributed by atoms with van der Waals surface area (Å²) in [5.74, 6) is 1.15. The molecule has 0 bridgehead atoms. The number of hydrogen-bond donors (Lipinski definition) is 2. The molecule has 1 saturated carbocycles. The second-order valence-corrected chi connectivity index (χ2v) is 7.03. The minimum atomic E-state index is 0.0834. The Kier molecular flexibility index (Phi) is 4.10. The summed E-state index contributed by atoms with van der Waals surface area (Å²) in [4.78, 5) is 14.7. The molecular formula is C19H24N4O. The van der Waals surface area contributed by atoms with E-state index in [1.54, 1.807) is 4.90 Å². The number of aromatic nitrogens is 2. The summed E-state index contributed by atoms with van der Waals surface area (Å²) in [5.41, 5.74) is 4.15. The van der Waals surface area contributed by atoms with Gasteiger partial charge in [-0.05, 0) is 49.4 Å². The predicted molar refractivity (Wildman–Crippen MR) is 93.0 cm³/mol. The van der Waals surface area contributed by atoms with Crippen molar-refractivity contribution in [1.82, 2.24) is 20.4 Å². The number of nitrogens with one attached hydrogen (secondary N) is 2. The highest BCUT2D eigenvalue weighted by atomic mass is 16.2. The number of H-pyrrole nitrogens is 1. The summed E-state index contributed by atoms with van der Waals surface area (Å²) in [5, 5.41) is 10.8. The van der Waals surface area contributed by atoms with E-state index in [0.29, 0.717) is 18.4 Å². The zero-order valence-electron chi connectivity index (χ0n) is 14.1. The van der Waals surface area contributed by atoms with Crippen LogP contribution in [0.5, 0.6) is 0 Å². The van der Waals surface area contributed by atoms with Gasteiger partial charge >= 0.3 is 0 Å². The van der Waals surface area contributed by atoms with Crippen LogP contribution in [0.4, 0.5) is 0 Å². The van der Waals surface area contributed by atoms with Crippen molar-refractivity contribution in [3.05, 3.63) is 52.8 Å². The molecule has 0 radical (unpaired) electrons. The fourth-order valence-corrected chi connectivity index (χ4v) is 3.55. The van der Waals surface area contributed by atoms with E-state index in [0.717, 1.165) is 36.5 Å². The van der Waals surface area contributed by atoms with E-state index in [4.69, 9.17) is 0 Å². The molecule has 5 heteroatoms. The highest BCUT2D eigenvalue weighted by Gasteiger charge is 2.27. The number of hydrogen-bond acceptors (Lipinski definition) is 3. The van der Waals surface area contributed by atoms with Gasteiger partial charge in [-0.3, -0.25) is 9.89 Å². The van der Waals surface area contributed by atoms with Crippen molar-refractivity contribution in [2.24, 2.45) is 0 Å². The van der Waals surface area contributed by atoms with Crippen LogP contribution in [0.25, 0.3) is 0 Å². The van der Waals surface area contributed by atoms with Crippen LogP contribution in [0.3, 0.4) is 0 Å². The van der Waals surface area contributed by atoms with Crippen LogP contribution >= 0.6 is 0 Å². The van der Waals surface area contributed by atoms with Gasteiger partial charge < -0.3 is 10.2 Å². The van der Waals surface area contributed by atoms with Crippen LogP contribution in [0.2, 0.25) is 0 Å². The van der Waals surface area contributed by atoms with Crippen LogP contribution in [0, 0.1) is 0 Å². The summed E-state index contributed by atoms with van der Waals surface area (Å²) in [7, 11) is 1.86. The fourth-order valence-electron chi connectivity index (χ4n) is 3.55. The lowest BCUT2D eigenvalue weighted by atomic mass is 9.93. The van der Waals surface area contributed by atoms with Gasteiger partial charge in [0.2, 0.25) is 0 Å². The fraction of sp³-hybridized carbons (Fsp3) is 0.474. The Morgan fingerprint density at radius 1 is 1.25 bits per heavy atom. The minimum Gasteiger partial charge on any atom is -0.336 e. The van der Waals surface area contributed by atoms with Gasteiger partial charge in [0.25, 0.3) is 5.91 Å². The Bertz CT molecular complexity index is 728. The standard InChI is InChI=1S/C19H24N4O/c1-23(12-15-10-18(22-21-15)13-6-7-13)19(24)17-5-3-2-4-16(17)14-8-9-20-11-14/h2-5,10,13-14,20H,6-9,11-12H2,1H3,(H,21,22)/t14-/m0/s1. The summed E-state index contributed by atoms with van der Waals surface area (Å²) in [6, 6.07) is 10.1. The Balaban J connectivity index is 1.49. The van der Waals surface area contributed by atoms with E-state index in [-0.39, 0.29) is 5.91 Å². The Labute approximate surface area is 142 Å². The topological polar surface area (TPSA) is 61.0 Å². The molecule has 1 amide bonds. The number of nitrogens with zero attached hydrogens (tertiary/aromatic N) is 2. The number of carbonyl (C=O) groups excluding carboxylic acids is 1. The van der Waals surface area contributed by atoms with Crippen molar-refractivity contribution >= 4 is 5.91 Å². The van der Waals surface area contributed by atoms with Crippen molar-refractivity contribution in [2.75, 3.05) is 20.1 Å². The smallest absolute Gasteiger partial charge is 0.254 e. The quantitative estimate of drug-likeness (QED) is 0.889. The largest absolute Gasteiger partial charge is 0.336 e. The van der Waals surface area contributed by atoms with Gasteiger partial charge in [0.15, 0.2) is 0 Å². The highest BCUT2D eigenvalue weighted by molar-refractivity contribution is 5.95. The monoisotopic (exact) mass is 324 g/mol. The van der Waals surface area contributed by atoms with Crippen molar-refractivity contribution < 1.29 is 4.79 Å².